The van der Waals surface area contributed by atoms with Crippen LogP contribution in [0.15, 0.2) is 5.38 Å². The van der Waals surface area contributed by atoms with Crippen molar-refractivity contribution in [2.75, 3.05) is 26.1 Å². The molecular formula is C7H11ClN2O2S. The molecule has 1 aromatic rings. The van der Waals surface area contributed by atoms with Crippen LogP contribution in [0.2, 0.25) is 5.15 Å². The highest BCUT2D eigenvalue weighted by Gasteiger charge is 2.05. The maximum absolute atomic E-state index is 5.64. The summed E-state index contributed by atoms with van der Waals surface area (Å²) < 4.78 is 9.97. The predicted molar refractivity (Wildman–Crippen MR) is 53.4 cm³/mol. The maximum atomic E-state index is 5.64. The monoisotopic (exact) mass is 222 g/mol. The molecule has 0 saturated heterocycles. The SMILES string of the molecule is COC(CNc1nc(Cl)cs1)OC. The number of rotatable bonds is 5. The van der Waals surface area contributed by atoms with E-state index in [2.05, 4.69) is 10.3 Å². The Labute approximate surface area is 85.8 Å². The number of aromatic nitrogens is 1. The number of thiazole rings is 1. The highest BCUT2D eigenvalue weighted by Crippen LogP contribution is 2.18. The van der Waals surface area contributed by atoms with Crippen LogP contribution in [0.25, 0.3) is 0 Å². The van der Waals surface area contributed by atoms with Crippen LogP contribution in [0, 0.1) is 0 Å². The van der Waals surface area contributed by atoms with Gasteiger partial charge in [0.05, 0.1) is 6.54 Å². The average Bonchev–Trinajstić information content (AvgIpc) is 2.53. The van der Waals surface area contributed by atoms with Crippen LogP contribution in [0.1, 0.15) is 0 Å². The van der Waals surface area contributed by atoms with Gasteiger partial charge >= 0.3 is 0 Å². The summed E-state index contributed by atoms with van der Waals surface area (Å²) >= 11 is 7.09. The van der Waals surface area contributed by atoms with Crippen molar-refractivity contribution in [2.45, 2.75) is 6.29 Å². The van der Waals surface area contributed by atoms with E-state index in [-0.39, 0.29) is 6.29 Å². The van der Waals surface area contributed by atoms with Gasteiger partial charge < -0.3 is 14.8 Å². The first-order valence-electron chi connectivity index (χ1n) is 3.66. The minimum Gasteiger partial charge on any atom is -0.356 e. The molecule has 4 nitrogen and oxygen atoms in total. The number of ether oxygens (including phenoxy) is 2. The molecule has 13 heavy (non-hydrogen) atoms. The molecule has 0 radical (unpaired) electrons. The van der Waals surface area contributed by atoms with Gasteiger partial charge in [0.25, 0.3) is 0 Å². The van der Waals surface area contributed by atoms with Crippen LogP contribution in [-0.2, 0) is 9.47 Å². The Hall–Kier alpha value is -0.360. The van der Waals surface area contributed by atoms with Crippen LogP contribution < -0.4 is 5.32 Å². The molecule has 1 N–H and O–H groups in total. The van der Waals surface area contributed by atoms with Gasteiger partial charge in [0.1, 0.15) is 5.15 Å². The quantitative estimate of drug-likeness (QED) is 0.772. The summed E-state index contributed by atoms with van der Waals surface area (Å²) in [6.07, 6.45) is -0.261. The van der Waals surface area contributed by atoms with E-state index in [1.54, 1.807) is 19.6 Å². The zero-order valence-electron chi connectivity index (χ0n) is 7.41. The second kappa shape index (κ2) is 5.39. The van der Waals surface area contributed by atoms with E-state index >= 15 is 0 Å². The lowest BCUT2D eigenvalue weighted by atomic mass is 10.6. The molecule has 0 unspecified atom stereocenters. The van der Waals surface area contributed by atoms with E-state index < -0.39 is 0 Å². The fourth-order valence-corrected chi connectivity index (χ4v) is 1.62. The number of nitrogens with zero attached hydrogens (tertiary/aromatic N) is 1. The predicted octanol–water partition coefficient (Wildman–Crippen LogP) is 1.83. The van der Waals surface area contributed by atoms with Crippen molar-refractivity contribution in [3.05, 3.63) is 10.5 Å². The first-order valence-corrected chi connectivity index (χ1v) is 4.92. The minimum atomic E-state index is -0.261. The Morgan fingerprint density at radius 3 is 2.77 bits per heavy atom. The van der Waals surface area contributed by atoms with Crippen molar-refractivity contribution in [2.24, 2.45) is 0 Å². The van der Waals surface area contributed by atoms with Crippen molar-refractivity contribution < 1.29 is 9.47 Å². The topological polar surface area (TPSA) is 43.4 Å². The van der Waals surface area contributed by atoms with Crippen molar-refractivity contribution in [3.8, 4) is 0 Å². The Bertz CT molecular complexity index is 252. The summed E-state index contributed by atoms with van der Waals surface area (Å²) in [6.45, 7) is 0.552. The molecule has 1 aromatic heterocycles. The summed E-state index contributed by atoms with van der Waals surface area (Å²) in [5.41, 5.74) is 0. The van der Waals surface area contributed by atoms with Gasteiger partial charge in [0.2, 0.25) is 0 Å². The molecule has 0 amide bonds. The van der Waals surface area contributed by atoms with Gasteiger partial charge in [-0.15, -0.1) is 11.3 Å². The Balaban J connectivity index is 2.33. The first kappa shape index (κ1) is 10.7. The molecule has 6 heteroatoms. The fraction of sp³-hybridized carbons (Fsp3) is 0.571. The number of nitrogens with one attached hydrogen (secondary N) is 1. The third kappa shape index (κ3) is 3.48. The molecule has 0 atom stereocenters. The lowest BCUT2D eigenvalue weighted by Crippen LogP contribution is -2.23. The average molecular weight is 223 g/mol. The molecule has 1 heterocycles. The van der Waals surface area contributed by atoms with E-state index in [1.807, 2.05) is 0 Å². The van der Waals surface area contributed by atoms with Crippen LogP contribution in [0.4, 0.5) is 5.13 Å². The van der Waals surface area contributed by atoms with Crippen molar-refractivity contribution in [3.63, 3.8) is 0 Å². The van der Waals surface area contributed by atoms with E-state index in [4.69, 9.17) is 21.1 Å². The van der Waals surface area contributed by atoms with Gasteiger partial charge in [-0.1, -0.05) is 11.6 Å². The molecule has 0 aliphatic rings. The number of halogens is 1. The standard InChI is InChI=1S/C7H11ClN2O2S/c1-11-6(12-2)3-9-7-10-5(8)4-13-7/h4,6H,3H2,1-2H3,(H,9,10). The largest absolute Gasteiger partial charge is 0.356 e. The zero-order valence-corrected chi connectivity index (χ0v) is 8.98. The summed E-state index contributed by atoms with van der Waals surface area (Å²) in [7, 11) is 3.18. The molecule has 0 saturated carbocycles. The lowest BCUT2D eigenvalue weighted by molar-refractivity contribution is -0.0914. The summed E-state index contributed by atoms with van der Waals surface area (Å²) in [5.74, 6) is 0. The van der Waals surface area contributed by atoms with Crippen molar-refractivity contribution >= 4 is 28.1 Å². The Morgan fingerprint density at radius 1 is 1.62 bits per heavy atom. The Kier molecular flexibility index (Phi) is 4.44. The molecule has 0 fully saturated rings. The van der Waals surface area contributed by atoms with E-state index in [0.717, 1.165) is 5.13 Å². The third-order valence-corrected chi connectivity index (χ3v) is 2.54. The van der Waals surface area contributed by atoms with Gasteiger partial charge in [-0.3, -0.25) is 0 Å². The van der Waals surface area contributed by atoms with E-state index in [1.165, 1.54) is 11.3 Å². The normalized spacial score (nSPS) is 10.8. The van der Waals surface area contributed by atoms with Gasteiger partial charge in [0.15, 0.2) is 11.4 Å². The van der Waals surface area contributed by atoms with Gasteiger partial charge in [0, 0.05) is 19.6 Å². The van der Waals surface area contributed by atoms with Crippen molar-refractivity contribution in [1.29, 1.82) is 0 Å². The van der Waals surface area contributed by atoms with Crippen LogP contribution in [-0.4, -0.2) is 32.0 Å². The highest BCUT2D eigenvalue weighted by atomic mass is 35.5. The smallest absolute Gasteiger partial charge is 0.184 e. The fourth-order valence-electron chi connectivity index (χ4n) is 0.769. The summed E-state index contributed by atoms with van der Waals surface area (Å²) in [6, 6.07) is 0. The van der Waals surface area contributed by atoms with Crippen molar-refractivity contribution in [1.82, 2.24) is 4.98 Å². The molecule has 0 bridgehead atoms. The minimum absolute atomic E-state index is 0.261. The molecule has 0 aromatic carbocycles. The van der Waals surface area contributed by atoms with E-state index in [0.29, 0.717) is 11.7 Å². The summed E-state index contributed by atoms with van der Waals surface area (Å²) in [4.78, 5) is 4.01. The van der Waals surface area contributed by atoms with Crippen LogP contribution in [0.5, 0.6) is 0 Å². The number of methoxy groups -OCH3 is 2. The second-order valence-electron chi connectivity index (χ2n) is 2.26. The van der Waals surface area contributed by atoms with Gasteiger partial charge in [-0.2, -0.15) is 0 Å². The molecule has 74 valence electrons. The van der Waals surface area contributed by atoms with Gasteiger partial charge in [-0.05, 0) is 0 Å². The lowest BCUT2D eigenvalue weighted by Gasteiger charge is -2.12. The molecule has 1 rings (SSSR count). The molecule has 0 aliphatic carbocycles. The third-order valence-electron chi connectivity index (χ3n) is 1.42. The van der Waals surface area contributed by atoms with E-state index in [9.17, 15) is 0 Å². The molecule has 0 spiro atoms. The zero-order chi connectivity index (χ0) is 9.68. The molecule has 0 aliphatic heterocycles. The van der Waals surface area contributed by atoms with Crippen LogP contribution >= 0.6 is 22.9 Å². The van der Waals surface area contributed by atoms with Gasteiger partial charge in [-0.25, -0.2) is 4.98 Å². The summed E-state index contributed by atoms with van der Waals surface area (Å²) in [5, 5.41) is 6.07. The Morgan fingerprint density at radius 2 is 2.31 bits per heavy atom. The molecular weight excluding hydrogens is 212 g/mol. The maximum Gasteiger partial charge on any atom is 0.184 e. The van der Waals surface area contributed by atoms with Crippen LogP contribution in [0.3, 0.4) is 0 Å². The second-order valence-corrected chi connectivity index (χ2v) is 3.50. The number of hydrogen-bond donors (Lipinski definition) is 1. The number of anilines is 1. The number of hydrogen-bond acceptors (Lipinski definition) is 5. The highest BCUT2D eigenvalue weighted by molar-refractivity contribution is 7.14. The first-order chi connectivity index (χ1) is 6.26.